The molecule has 0 saturated heterocycles. The Bertz CT molecular complexity index is 1160. The summed E-state index contributed by atoms with van der Waals surface area (Å²) in [5.74, 6) is 0.773. The summed E-state index contributed by atoms with van der Waals surface area (Å²) in [5.41, 5.74) is 3.98. The summed E-state index contributed by atoms with van der Waals surface area (Å²) in [5, 5.41) is 14.1. The third-order valence-corrected chi connectivity index (χ3v) is 5.41. The van der Waals surface area contributed by atoms with E-state index in [9.17, 15) is 5.11 Å². The van der Waals surface area contributed by atoms with Crippen LogP contribution in [0.25, 0.3) is 11.2 Å². The largest absolute Gasteiger partial charge is 0.387 e. The van der Waals surface area contributed by atoms with Gasteiger partial charge in [-0.3, -0.25) is 0 Å². The van der Waals surface area contributed by atoms with Crippen LogP contribution in [0.2, 0.25) is 0 Å². The van der Waals surface area contributed by atoms with Crippen LogP contribution >= 0.6 is 11.8 Å². The standard InChI is InChI=1S/C18H15N7OS/c1-10(26)14-15-17(22-8-21-14)25(9-23-15)7-11-2-3-13-12(6-11)24-16-18(27-13)20-5-4-19-16/h2-6,8-10,26H,7H2,1H3,(H,19,24). The number of hydrogen-bond donors (Lipinski definition) is 2. The molecule has 0 radical (unpaired) electrons. The lowest BCUT2D eigenvalue weighted by Crippen LogP contribution is -2.06. The number of hydrogen-bond acceptors (Lipinski definition) is 8. The van der Waals surface area contributed by atoms with E-state index >= 15 is 0 Å². The van der Waals surface area contributed by atoms with E-state index in [-0.39, 0.29) is 0 Å². The molecule has 1 atom stereocenters. The monoisotopic (exact) mass is 377 g/mol. The molecule has 2 N–H and O–H groups in total. The fourth-order valence-corrected chi connectivity index (χ4v) is 3.97. The molecule has 1 aliphatic rings. The van der Waals surface area contributed by atoms with Gasteiger partial charge in [-0.2, -0.15) is 0 Å². The van der Waals surface area contributed by atoms with Gasteiger partial charge in [0.1, 0.15) is 16.9 Å². The Hall–Kier alpha value is -3.04. The minimum absolute atomic E-state index is 0.539. The highest BCUT2D eigenvalue weighted by Gasteiger charge is 2.18. The zero-order valence-corrected chi connectivity index (χ0v) is 15.2. The van der Waals surface area contributed by atoms with Gasteiger partial charge in [0, 0.05) is 17.3 Å². The molecule has 5 rings (SSSR count). The molecule has 1 unspecified atom stereocenters. The topological polar surface area (TPSA) is 102 Å². The number of benzene rings is 1. The maximum Gasteiger partial charge on any atom is 0.163 e. The maximum atomic E-state index is 9.87. The van der Waals surface area contributed by atoms with Crippen LogP contribution in [0.15, 0.2) is 53.2 Å². The van der Waals surface area contributed by atoms with Crippen molar-refractivity contribution in [1.29, 1.82) is 0 Å². The second kappa shape index (κ2) is 6.29. The molecule has 4 aromatic rings. The molecule has 0 bridgehead atoms. The minimum atomic E-state index is -0.690. The molecule has 1 aromatic carbocycles. The lowest BCUT2D eigenvalue weighted by atomic mass is 10.2. The molecule has 0 amide bonds. The first-order valence-corrected chi connectivity index (χ1v) is 9.23. The van der Waals surface area contributed by atoms with Gasteiger partial charge in [0.05, 0.1) is 30.4 Å². The van der Waals surface area contributed by atoms with Gasteiger partial charge in [-0.05, 0) is 24.6 Å². The van der Waals surface area contributed by atoms with E-state index in [1.807, 2.05) is 4.57 Å². The van der Waals surface area contributed by atoms with Crippen molar-refractivity contribution in [1.82, 2.24) is 29.5 Å². The van der Waals surface area contributed by atoms with Gasteiger partial charge in [-0.25, -0.2) is 24.9 Å². The van der Waals surface area contributed by atoms with Crippen LogP contribution in [0.5, 0.6) is 0 Å². The zero-order valence-electron chi connectivity index (χ0n) is 14.4. The Kier molecular flexibility index (Phi) is 3.76. The van der Waals surface area contributed by atoms with Gasteiger partial charge in [0.15, 0.2) is 11.5 Å². The van der Waals surface area contributed by atoms with Crippen molar-refractivity contribution in [3.8, 4) is 0 Å². The van der Waals surface area contributed by atoms with E-state index in [0.717, 1.165) is 27.0 Å². The summed E-state index contributed by atoms with van der Waals surface area (Å²) < 4.78 is 1.95. The minimum Gasteiger partial charge on any atom is -0.387 e. The highest BCUT2D eigenvalue weighted by Crippen LogP contribution is 2.42. The second-order valence-electron chi connectivity index (χ2n) is 6.25. The first kappa shape index (κ1) is 16.2. The van der Waals surface area contributed by atoms with Gasteiger partial charge in [-0.1, -0.05) is 17.8 Å². The first-order valence-electron chi connectivity index (χ1n) is 8.41. The molecule has 4 heterocycles. The Morgan fingerprint density at radius 2 is 2.04 bits per heavy atom. The zero-order chi connectivity index (χ0) is 18.4. The van der Waals surface area contributed by atoms with Crippen LogP contribution in [0.1, 0.15) is 24.3 Å². The average molecular weight is 377 g/mol. The van der Waals surface area contributed by atoms with E-state index < -0.39 is 6.10 Å². The molecule has 0 fully saturated rings. The molecule has 3 aromatic heterocycles. The summed E-state index contributed by atoms with van der Waals surface area (Å²) in [4.78, 5) is 22.7. The van der Waals surface area contributed by atoms with Gasteiger partial charge >= 0.3 is 0 Å². The number of anilines is 2. The third-order valence-electron chi connectivity index (χ3n) is 4.35. The molecular formula is C18H15N7OS. The van der Waals surface area contributed by atoms with Crippen molar-refractivity contribution in [2.75, 3.05) is 5.32 Å². The van der Waals surface area contributed by atoms with Crippen LogP contribution in [0, 0.1) is 0 Å². The summed E-state index contributed by atoms with van der Waals surface area (Å²) in [7, 11) is 0. The van der Waals surface area contributed by atoms with Gasteiger partial charge in [-0.15, -0.1) is 0 Å². The molecule has 1 aliphatic heterocycles. The van der Waals surface area contributed by atoms with Crippen LogP contribution in [-0.4, -0.2) is 34.6 Å². The number of aliphatic hydroxyl groups is 1. The normalized spacial score (nSPS) is 13.7. The third kappa shape index (κ3) is 2.81. The number of nitrogens with one attached hydrogen (secondary N) is 1. The summed E-state index contributed by atoms with van der Waals surface area (Å²) in [6.45, 7) is 2.29. The molecule has 0 aliphatic carbocycles. The quantitative estimate of drug-likeness (QED) is 0.495. The van der Waals surface area contributed by atoms with E-state index in [0.29, 0.717) is 23.4 Å². The number of aromatic nitrogens is 6. The van der Waals surface area contributed by atoms with Crippen molar-refractivity contribution in [3.63, 3.8) is 0 Å². The predicted molar refractivity (Wildman–Crippen MR) is 101 cm³/mol. The fraction of sp³-hybridized carbons (Fsp3) is 0.167. The summed E-state index contributed by atoms with van der Waals surface area (Å²) in [6.07, 6.45) is 5.88. The molecular weight excluding hydrogens is 362 g/mol. The molecule has 8 nitrogen and oxygen atoms in total. The van der Waals surface area contributed by atoms with Crippen molar-refractivity contribution in [3.05, 3.63) is 54.5 Å². The van der Waals surface area contributed by atoms with Crippen LogP contribution < -0.4 is 5.32 Å². The van der Waals surface area contributed by atoms with E-state index in [4.69, 9.17) is 0 Å². The number of nitrogens with zero attached hydrogens (tertiary/aromatic N) is 6. The van der Waals surface area contributed by atoms with Crippen molar-refractivity contribution in [2.45, 2.75) is 29.5 Å². The average Bonchev–Trinajstić information content (AvgIpc) is 3.09. The maximum absolute atomic E-state index is 9.87. The number of imidazole rings is 1. The molecule has 0 spiro atoms. The lowest BCUT2D eigenvalue weighted by Gasteiger charge is -2.19. The lowest BCUT2D eigenvalue weighted by molar-refractivity contribution is 0.195. The van der Waals surface area contributed by atoms with Gasteiger partial charge < -0.3 is 15.0 Å². The molecule has 9 heteroatoms. The van der Waals surface area contributed by atoms with Crippen molar-refractivity contribution < 1.29 is 5.11 Å². The molecule has 134 valence electrons. The van der Waals surface area contributed by atoms with Gasteiger partial charge in [0.2, 0.25) is 0 Å². The Balaban J connectivity index is 1.48. The van der Waals surface area contributed by atoms with Crippen LogP contribution in [-0.2, 0) is 6.54 Å². The summed E-state index contributed by atoms with van der Waals surface area (Å²) in [6, 6.07) is 6.26. The Morgan fingerprint density at radius 1 is 1.15 bits per heavy atom. The highest BCUT2D eigenvalue weighted by molar-refractivity contribution is 7.99. The Labute approximate surface area is 158 Å². The van der Waals surface area contributed by atoms with Crippen molar-refractivity contribution in [2.24, 2.45) is 0 Å². The smallest absolute Gasteiger partial charge is 0.163 e. The number of rotatable bonds is 3. The highest BCUT2D eigenvalue weighted by atomic mass is 32.2. The summed E-state index contributed by atoms with van der Waals surface area (Å²) >= 11 is 1.60. The SMILES string of the molecule is CC(O)c1ncnc2c1ncn2Cc1ccc2c(c1)Nc1nccnc1S2. The number of aliphatic hydroxyl groups excluding tert-OH is 1. The van der Waals surface area contributed by atoms with Gasteiger partial charge in [0.25, 0.3) is 0 Å². The molecule has 27 heavy (non-hydrogen) atoms. The first-order chi connectivity index (χ1) is 13.2. The van der Waals surface area contributed by atoms with Crippen LogP contribution in [0.3, 0.4) is 0 Å². The second-order valence-corrected chi connectivity index (χ2v) is 7.28. The number of fused-ring (bicyclic) bond motifs is 3. The van der Waals surface area contributed by atoms with Crippen molar-refractivity contribution >= 4 is 34.4 Å². The van der Waals surface area contributed by atoms with Crippen LogP contribution in [0.4, 0.5) is 11.5 Å². The molecule has 0 saturated carbocycles. The van der Waals surface area contributed by atoms with E-state index in [1.54, 1.807) is 37.4 Å². The Morgan fingerprint density at radius 3 is 2.93 bits per heavy atom. The van der Waals surface area contributed by atoms with E-state index in [2.05, 4.69) is 48.4 Å². The predicted octanol–water partition coefficient (Wildman–Crippen LogP) is 2.93. The fourth-order valence-electron chi connectivity index (χ4n) is 3.10. The van der Waals surface area contributed by atoms with E-state index in [1.165, 1.54) is 6.33 Å².